The van der Waals surface area contributed by atoms with Gasteiger partial charge in [-0.2, -0.15) is 0 Å². The number of unbranched alkanes of at least 4 members (excludes halogenated alkanes) is 1. The Kier molecular flexibility index (Phi) is 10.4. The Morgan fingerprint density at radius 3 is 1.97 bits per heavy atom. The van der Waals surface area contributed by atoms with Crippen LogP contribution in [0.2, 0.25) is 0 Å². The molecule has 2 aliphatic rings. The number of benzene rings is 9. The lowest BCUT2D eigenvalue weighted by molar-refractivity contribution is 0.590. The maximum absolute atomic E-state index is 2.66. The van der Waals surface area contributed by atoms with E-state index in [1.807, 2.05) is 0 Å². The second-order valence-electron chi connectivity index (χ2n) is 19.4. The SMILES string of the molecule is CCCCc1ccc(N(c2ccccc2)c2ccc3c(c2)N(c2ccc(-c4ccccc4)cc2C)c2cc(C)cc4c2B3N(c2ccc(C(C)(C)C)cc2)c2c-4ccc3ccccc23)cc1. The second kappa shape index (κ2) is 16.6. The third-order valence-corrected chi connectivity index (χ3v) is 13.9. The first-order valence-corrected chi connectivity index (χ1v) is 23.8. The van der Waals surface area contributed by atoms with E-state index in [0.717, 1.165) is 23.5 Å². The van der Waals surface area contributed by atoms with Crippen LogP contribution in [0.5, 0.6) is 0 Å². The fourth-order valence-electron chi connectivity index (χ4n) is 10.6. The molecule has 0 saturated heterocycles. The summed E-state index contributed by atoms with van der Waals surface area (Å²) in [6.07, 6.45) is 3.47. The first-order valence-electron chi connectivity index (χ1n) is 23.8. The molecule has 4 heteroatoms. The topological polar surface area (TPSA) is 9.72 Å². The summed E-state index contributed by atoms with van der Waals surface area (Å²) in [6, 6.07) is 73.0. The van der Waals surface area contributed by atoms with Gasteiger partial charge in [0.1, 0.15) is 0 Å². The van der Waals surface area contributed by atoms with Gasteiger partial charge in [0.25, 0.3) is 0 Å². The van der Waals surface area contributed by atoms with Crippen LogP contribution >= 0.6 is 0 Å². The van der Waals surface area contributed by atoms with Crippen molar-refractivity contribution >= 4 is 74.0 Å². The highest BCUT2D eigenvalue weighted by Crippen LogP contribution is 2.51. The standard InChI is InChI=1S/C62H56BN3/c1-7-8-17-44-24-30-50(31-25-44)64(49-21-13-10-14-22-49)52-34-36-56-58(41-52)65(57-37-27-47(40-43(57)3)45-18-11-9-12-19-45)59-39-42(2)38-55-54-35-26-46-20-15-16-23-53(46)61(54)66(63(56)60(55)59)51-32-28-48(29-33-51)62(4,5)6/h9-16,18-41H,7-8,17H2,1-6H3. The molecule has 0 aromatic heterocycles. The Morgan fingerprint density at radius 1 is 0.545 bits per heavy atom. The molecule has 9 aromatic rings. The van der Waals surface area contributed by atoms with Gasteiger partial charge < -0.3 is 14.6 Å². The lowest BCUT2D eigenvalue weighted by atomic mass is 9.43. The average molecular weight is 854 g/mol. The van der Waals surface area contributed by atoms with Crippen LogP contribution in [0.3, 0.4) is 0 Å². The Morgan fingerprint density at radius 2 is 1.24 bits per heavy atom. The fourth-order valence-corrected chi connectivity index (χ4v) is 10.6. The third-order valence-electron chi connectivity index (χ3n) is 13.9. The second-order valence-corrected chi connectivity index (χ2v) is 19.4. The Hall–Kier alpha value is -7.30. The molecule has 0 N–H and O–H groups in total. The van der Waals surface area contributed by atoms with Gasteiger partial charge in [-0.25, -0.2) is 0 Å². The lowest BCUT2D eigenvalue weighted by Crippen LogP contribution is -2.61. The van der Waals surface area contributed by atoms with Crippen molar-refractivity contribution in [2.24, 2.45) is 0 Å². The van der Waals surface area contributed by atoms with Crippen LogP contribution in [0.1, 0.15) is 62.8 Å². The van der Waals surface area contributed by atoms with Crippen molar-refractivity contribution in [2.75, 3.05) is 14.6 Å². The van der Waals surface area contributed by atoms with E-state index in [1.54, 1.807) is 0 Å². The maximum Gasteiger partial charge on any atom is 0.333 e. The normalized spacial score (nSPS) is 12.8. The van der Waals surface area contributed by atoms with Crippen LogP contribution in [0.4, 0.5) is 45.5 Å². The molecule has 2 aliphatic heterocycles. The van der Waals surface area contributed by atoms with Crippen LogP contribution in [0, 0.1) is 13.8 Å². The van der Waals surface area contributed by atoms with Crippen molar-refractivity contribution in [3.8, 4) is 22.3 Å². The van der Waals surface area contributed by atoms with Gasteiger partial charge in [0.05, 0.1) is 0 Å². The summed E-state index contributed by atoms with van der Waals surface area (Å²) in [7, 11) is 0. The smallest absolute Gasteiger partial charge is 0.333 e. The molecule has 0 radical (unpaired) electrons. The van der Waals surface area contributed by atoms with Gasteiger partial charge in [0.15, 0.2) is 0 Å². The van der Waals surface area contributed by atoms with Crippen molar-refractivity contribution in [2.45, 2.75) is 66.2 Å². The highest BCUT2D eigenvalue weighted by atomic mass is 15.2. The summed E-state index contributed by atoms with van der Waals surface area (Å²) in [5.74, 6) is 0. The summed E-state index contributed by atoms with van der Waals surface area (Å²) in [4.78, 5) is 7.67. The molecule has 9 aromatic carbocycles. The highest BCUT2D eigenvalue weighted by Gasteiger charge is 2.46. The average Bonchev–Trinajstić information content (AvgIpc) is 3.34. The van der Waals surface area contributed by atoms with Gasteiger partial charge in [-0.1, -0.05) is 162 Å². The largest absolute Gasteiger partial charge is 0.376 e. The van der Waals surface area contributed by atoms with Gasteiger partial charge in [-0.3, -0.25) is 0 Å². The molecule has 11 rings (SSSR count). The van der Waals surface area contributed by atoms with Crippen molar-refractivity contribution in [3.63, 3.8) is 0 Å². The van der Waals surface area contributed by atoms with Gasteiger partial charge in [-0.05, 0) is 154 Å². The fraction of sp³-hybridized carbons (Fsp3) is 0.161. The van der Waals surface area contributed by atoms with Gasteiger partial charge >= 0.3 is 6.85 Å². The number of hydrogen-bond donors (Lipinski definition) is 0. The number of hydrogen-bond acceptors (Lipinski definition) is 3. The zero-order valence-electron chi connectivity index (χ0n) is 39.0. The maximum atomic E-state index is 2.66. The van der Waals surface area contributed by atoms with Gasteiger partial charge in [-0.15, -0.1) is 0 Å². The van der Waals surface area contributed by atoms with Gasteiger partial charge in [0, 0.05) is 56.4 Å². The van der Waals surface area contributed by atoms with Crippen molar-refractivity contribution in [1.29, 1.82) is 0 Å². The predicted molar refractivity (Wildman–Crippen MR) is 285 cm³/mol. The molecule has 0 aliphatic carbocycles. The molecule has 0 unspecified atom stereocenters. The van der Waals surface area contributed by atoms with E-state index in [4.69, 9.17) is 0 Å². The van der Waals surface area contributed by atoms with E-state index >= 15 is 0 Å². The van der Waals surface area contributed by atoms with Crippen LogP contribution < -0.4 is 25.5 Å². The molecule has 0 bridgehead atoms. The van der Waals surface area contributed by atoms with Gasteiger partial charge in [0.2, 0.25) is 0 Å². The van der Waals surface area contributed by atoms with Crippen molar-refractivity contribution < 1.29 is 0 Å². The third kappa shape index (κ3) is 7.17. The zero-order chi connectivity index (χ0) is 45.1. The number of anilines is 8. The van der Waals surface area contributed by atoms with E-state index in [2.05, 4.69) is 250 Å². The minimum absolute atomic E-state index is 0.0328. The van der Waals surface area contributed by atoms with E-state index in [-0.39, 0.29) is 12.3 Å². The van der Waals surface area contributed by atoms with E-state index < -0.39 is 0 Å². The molecule has 66 heavy (non-hydrogen) atoms. The number of aryl methyl sites for hydroxylation is 3. The first kappa shape index (κ1) is 41.4. The van der Waals surface area contributed by atoms with Crippen LogP contribution in [0.25, 0.3) is 33.0 Å². The molecule has 0 fully saturated rings. The monoisotopic (exact) mass is 853 g/mol. The van der Waals surface area contributed by atoms with E-state index in [9.17, 15) is 0 Å². The van der Waals surface area contributed by atoms with Crippen LogP contribution in [-0.4, -0.2) is 6.85 Å². The zero-order valence-corrected chi connectivity index (χ0v) is 39.0. The molecule has 0 saturated carbocycles. The molecule has 322 valence electrons. The van der Waals surface area contributed by atoms with Crippen LogP contribution in [-0.2, 0) is 11.8 Å². The Balaban J connectivity index is 1.20. The van der Waals surface area contributed by atoms with Crippen molar-refractivity contribution in [3.05, 3.63) is 216 Å². The Labute approximate surface area is 391 Å². The quantitative estimate of drug-likeness (QED) is 0.134. The predicted octanol–water partition coefficient (Wildman–Crippen LogP) is 15.9. The summed E-state index contributed by atoms with van der Waals surface area (Å²) >= 11 is 0. The van der Waals surface area contributed by atoms with E-state index in [0.29, 0.717) is 0 Å². The summed E-state index contributed by atoms with van der Waals surface area (Å²) in [6.45, 7) is 13.6. The van der Waals surface area contributed by atoms with Crippen LogP contribution in [0.15, 0.2) is 194 Å². The first-order chi connectivity index (χ1) is 32.2. The summed E-state index contributed by atoms with van der Waals surface area (Å²) in [5, 5.41) is 2.50. The number of para-hydroxylation sites is 1. The molecular formula is C62H56BN3. The molecular weight excluding hydrogens is 798 g/mol. The number of fused-ring (bicyclic) bond motifs is 6. The number of nitrogens with zero attached hydrogens (tertiary/aromatic N) is 3. The highest BCUT2D eigenvalue weighted by molar-refractivity contribution is 6.93. The van der Waals surface area contributed by atoms with E-state index in [1.165, 1.54) is 107 Å². The molecule has 0 atom stereocenters. The molecule has 3 nitrogen and oxygen atoms in total. The molecule has 2 heterocycles. The minimum atomic E-state index is -0.110. The molecule has 0 amide bonds. The summed E-state index contributed by atoms with van der Waals surface area (Å²) < 4.78 is 0. The minimum Gasteiger partial charge on any atom is -0.376 e. The summed E-state index contributed by atoms with van der Waals surface area (Å²) in [5.41, 5.74) is 22.2. The lowest BCUT2D eigenvalue weighted by Gasteiger charge is -2.46. The molecule has 0 spiro atoms. The number of rotatable bonds is 9. The van der Waals surface area contributed by atoms with Crippen molar-refractivity contribution in [1.82, 2.24) is 0 Å². The Bertz CT molecular complexity index is 3240.